The summed E-state index contributed by atoms with van der Waals surface area (Å²) >= 11 is 0. The molecule has 1 aliphatic carbocycles. The molecule has 6 nitrogen and oxygen atoms in total. The number of hydrogen-bond acceptors (Lipinski definition) is 4. The van der Waals surface area contributed by atoms with E-state index in [9.17, 15) is 14.4 Å². The molecule has 0 unspecified atom stereocenters. The number of ether oxygens (including phenoxy) is 1. The monoisotopic (exact) mass is 394 g/mol. The number of rotatable bonds is 7. The Bertz CT molecular complexity index is 936. The van der Waals surface area contributed by atoms with E-state index < -0.39 is 11.8 Å². The van der Waals surface area contributed by atoms with Gasteiger partial charge in [0.2, 0.25) is 5.91 Å². The summed E-state index contributed by atoms with van der Waals surface area (Å²) < 4.78 is 5.41. The molecule has 1 aliphatic rings. The van der Waals surface area contributed by atoms with Gasteiger partial charge in [0.25, 0.3) is 5.91 Å². The number of ketones is 1. The van der Waals surface area contributed by atoms with Gasteiger partial charge in [-0.3, -0.25) is 25.2 Å². The summed E-state index contributed by atoms with van der Waals surface area (Å²) in [6, 6.07) is 11.3. The number of fused-ring (bicyclic) bond motifs is 1. The van der Waals surface area contributed by atoms with E-state index in [2.05, 4.69) is 10.9 Å². The summed E-state index contributed by atoms with van der Waals surface area (Å²) in [7, 11) is 0. The van der Waals surface area contributed by atoms with E-state index in [1.165, 1.54) is 11.1 Å². The lowest BCUT2D eigenvalue weighted by atomic mass is 10.0. The summed E-state index contributed by atoms with van der Waals surface area (Å²) in [5, 5.41) is 0. The van der Waals surface area contributed by atoms with Gasteiger partial charge in [0.1, 0.15) is 5.75 Å². The Balaban J connectivity index is 1.37. The van der Waals surface area contributed by atoms with Crippen molar-refractivity contribution in [2.24, 2.45) is 0 Å². The maximum Gasteiger partial charge on any atom is 0.276 e. The maximum absolute atomic E-state index is 12.3. The number of hydrazine groups is 1. The van der Waals surface area contributed by atoms with Crippen molar-refractivity contribution >= 4 is 17.6 Å². The van der Waals surface area contributed by atoms with Crippen molar-refractivity contribution in [1.82, 2.24) is 10.9 Å². The Morgan fingerprint density at radius 3 is 2.41 bits per heavy atom. The topological polar surface area (TPSA) is 84.5 Å². The Morgan fingerprint density at radius 2 is 1.62 bits per heavy atom. The molecule has 152 valence electrons. The van der Waals surface area contributed by atoms with E-state index in [1.54, 1.807) is 6.07 Å². The van der Waals surface area contributed by atoms with Gasteiger partial charge in [0.15, 0.2) is 12.4 Å². The minimum atomic E-state index is -0.471. The minimum Gasteiger partial charge on any atom is -0.484 e. The lowest BCUT2D eigenvalue weighted by Gasteiger charge is -2.10. The van der Waals surface area contributed by atoms with Crippen LogP contribution in [0.25, 0.3) is 0 Å². The van der Waals surface area contributed by atoms with Crippen LogP contribution in [0.3, 0.4) is 0 Å². The number of amides is 2. The first-order chi connectivity index (χ1) is 13.9. The van der Waals surface area contributed by atoms with Gasteiger partial charge >= 0.3 is 0 Å². The molecule has 0 aromatic heterocycles. The number of Topliss-reactive ketones (excluding diaryl/α,β-unsaturated/α-hetero) is 1. The molecular weight excluding hydrogens is 368 g/mol. The molecule has 2 aromatic carbocycles. The third-order valence-electron chi connectivity index (χ3n) is 5.19. The van der Waals surface area contributed by atoms with Crippen LogP contribution in [0.5, 0.6) is 5.75 Å². The first kappa shape index (κ1) is 20.6. The van der Waals surface area contributed by atoms with Crippen molar-refractivity contribution in [2.75, 3.05) is 6.61 Å². The highest BCUT2D eigenvalue weighted by Gasteiger charge is 2.15. The van der Waals surface area contributed by atoms with E-state index in [4.69, 9.17) is 4.74 Å². The number of carbonyl (C=O) groups excluding carboxylic acids is 3. The van der Waals surface area contributed by atoms with E-state index in [-0.39, 0.29) is 25.2 Å². The number of nitrogens with one attached hydrogen (secondary N) is 2. The molecule has 0 spiro atoms. The van der Waals surface area contributed by atoms with Crippen LogP contribution in [-0.2, 0) is 22.4 Å². The quantitative estimate of drug-likeness (QED) is 0.559. The van der Waals surface area contributed by atoms with Crippen LogP contribution in [0, 0.1) is 13.8 Å². The largest absolute Gasteiger partial charge is 0.484 e. The predicted octanol–water partition coefficient (Wildman–Crippen LogP) is 2.98. The van der Waals surface area contributed by atoms with Crippen molar-refractivity contribution in [1.29, 1.82) is 0 Å². The highest BCUT2D eigenvalue weighted by atomic mass is 16.5. The molecule has 6 heteroatoms. The summed E-state index contributed by atoms with van der Waals surface area (Å²) in [5.74, 6) is -0.366. The maximum atomic E-state index is 12.3. The summed E-state index contributed by atoms with van der Waals surface area (Å²) in [4.78, 5) is 36.0. The van der Waals surface area contributed by atoms with Gasteiger partial charge in [0, 0.05) is 18.4 Å². The molecule has 3 rings (SSSR count). The van der Waals surface area contributed by atoms with Crippen molar-refractivity contribution < 1.29 is 19.1 Å². The van der Waals surface area contributed by atoms with Crippen LogP contribution >= 0.6 is 0 Å². The second kappa shape index (κ2) is 9.37. The van der Waals surface area contributed by atoms with Crippen LogP contribution in [0.2, 0.25) is 0 Å². The fourth-order valence-electron chi connectivity index (χ4n) is 3.31. The molecule has 0 fully saturated rings. The summed E-state index contributed by atoms with van der Waals surface area (Å²) in [6.45, 7) is 3.75. The zero-order valence-corrected chi connectivity index (χ0v) is 16.8. The van der Waals surface area contributed by atoms with Gasteiger partial charge in [-0.25, -0.2) is 0 Å². The zero-order chi connectivity index (χ0) is 20.8. The molecule has 0 aliphatic heterocycles. The number of hydrogen-bond donors (Lipinski definition) is 2. The van der Waals surface area contributed by atoms with Crippen LogP contribution in [0.15, 0.2) is 36.4 Å². The highest BCUT2D eigenvalue weighted by Crippen LogP contribution is 2.23. The third kappa shape index (κ3) is 5.67. The van der Waals surface area contributed by atoms with E-state index in [1.807, 2.05) is 44.2 Å². The SMILES string of the molecule is Cc1ccc(OCC(=O)NNC(=O)CCC(=O)c2ccc3c(c2)CCC3)cc1C. The van der Waals surface area contributed by atoms with Gasteiger partial charge in [-0.15, -0.1) is 0 Å². The number of benzene rings is 2. The Labute approximate surface area is 170 Å². The fraction of sp³-hybridized carbons (Fsp3) is 0.348. The van der Waals surface area contributed by atoms with Crippen molar-refractivity contribution in [3.05, 3.63) is 64.2 Å². The summed E-state index contributed by atoms with van der Waals surface area (Å²) in [5.41, 5.74) is 10.0. The smallest absolute Gasteiger partial charge is 0.276 e. The van der Waals surface area contributed by atoms with Gasteiger partial charge in [0.05, 0.1) is 0 Å². The molecule has 0 heterocycles. The molecule has 29 heavy (non-hydrogen) atoms. The lowest BCUT2D eigenvalue weighted by molar-refractivity contribution is -0.130. The molecule has 0 atom stereocenters. The molecular formula is C23H26N2O4. The van der Waals surface area contributed by atoms with Crippen molar-refractivity contribution in [3.63, 3.8) is 0 Å². The molecule has 0 radical (unpaired) electrons. The standard InChI is InChI=1S/C23H26N2O4/c1-15-6-9-20(12-16(15)2)29-14-23(28)25-24-22(27)11-10-21(26)19-8-7-17-4-3-5-18(17)13-19/h6-9,12-13H,3-5,10-11,14H2,1-2H3,(H,24,27)(H,25,28). The third-order valence-corrected chi connectivity index (χ3v) is 5.19. The Hall–Kier alpha value is -3.15. The van der Waals surface area contributed by atoms with Crippen LogP contribution < -0.4 is 15.6 Å². The van der Waals surface area contributed by atoms with Crippen molar-refractivity contribution in [3.8, 4) is 5.75 Å². The fourth-order valence-corrected chi connectivity index (χ4v) is 3.31. The molecule has 0 bridgehead atoms. The summed E-state index contributed by atoms with van der Waals surface area (Å²) in [6.07, 6.45) is 3.31. The highest BCUT2D eigenvalue weighted by molar-refractivity contribution is 5.98. The zero-order valence-electron chi connectivity index (χ0n) is 16.8. The van der Waals surface area contributed by atoms with Crippen LogP contribution in [0.1, 0.15) is 51.9 Å². The minimum absolute atomic E-state index is 0.00815. The molecule has 2 aromatic rings. The van der Waals surface area contributed by atoms with E-state index in [0.717, 1.165) is 30.4 Å². The van der Waals surface area contributed by atoms with Gasteiger partial charge in [-0.2, -0.15) is 0 Å². The average molecular weight is 394 g/mol. The van der Waals surface area contributed by atoms with E-state index >= 15 is 0 Å². The Morgan fingerprint density at radius 1 is 0.862 bits per heavy atom. The normalized spacial score (nSPS) is 12.2. The Kier molecular flexibility index (Phi) is 6.65. The van der Waals surface area contributed by atoms with Gasteiger partial charge in [-0.05, 0) is 73.6 Å². The second-order valence-corrected chi connectivity index (χ2v) is 7.39. The first-order valence-electron chi connectivity index (χ1n) is 9.85. The van der Waals surface area contributed by atoms with Gasteiger partial charge in [-0.1, -0.05) is 18.2 Å². The average Bonchev–Trinajstić information content (AvgIpc) is 3.19. The number of aryl methyl sites for hydroxylation is 4. The molecule has 2 amide bonds. The molecule has 2 N–H and O–H groups in total. The molecule has 0 saturated heterocycles. The predicted molar refractivity (Wildman–Crippen MR) is 110 cm³/mol. The number of carbonyl (C=O) groups is 3. The van der Waals surface area contributed by atoms with Crippen LogP contribution in [-0.4, -0.2) is 24.2 Å². The lowest BCUT2D eigenvalue weighted by Crippen LogP contribution is -2.43. The first-order valence-corrected chi connectivity index (χ1v) is 9.85. The van der Waals surface area contributed by atoms with Crippen molar-refractivity contribution in [2.45, 2.75) is 46.0 Å². The second-order valence-electron chi connectivity index (χ2n) is 7.39. The molecule has 0 saturated carbocycles. The van der Waals surface area contributed by atoms with Gasteiger partial charge < -0.3 is 4.74 Å². The van der Waals surface area contributed by atoms with E-state index in [0.29, 0.717) is 11.3 Å². The van der Waals surface area contributed by atoms with Crippen LogP contribution in [0.4, 0.5) is 0 Å².